The minimum absolute atomic E-state index is 0.0727. The highest BCUT2D eigenvalue weighted by Crippen LogP contribution is 2.21. The van der Waals surface area contributed by atoms with Gasteiger partial charge in [0, 0.05) is 38.1 Å². The Labute approximate surface area is 146 Å². The van der Waals surface area contributed by atoms with Crippen molar-refractivity contribution < 1.29 is 9.59 Å². The lowest BCUT2D eigenvalue weighted by molar-refractivity contribution is 0.0734. The van der Waals surface area contributed by atoms with E-state index < -0.39 is 5.91 Å². The van der Waals surface area contributed by atoms with Crippen molar-refractivity contribution in [3.63, 3.8) is 0 Å². The van der Waals surface area contributed by atoms with Crippen LogP contribution in [0.25, 0.3) is 0 Å². The van der Waals surface area contributed by atoms with Crippen molar-refractivity contribution in [1.29, 1.82) is 0 Å². The fraction of sp³-hybridized carbons (Fsp3) is 0.389. The van der Waals surface area contributed by atoms with Gasteiger partial charge in [0.25, 0.3) is 5.91 Å². The Balaban J connectivity index is 1.70. The fourth-order valence-electron chi connectivity index (χ4n) is 3.24. The van der Waals surface area contributed by atoms with Crippen LogP contribution in [-0.2, 0) is 7.05 Å². The van der Waals surface area contributed by atoms with E-state index in [0.29, 0.717) is 24.3 Å². The van der Waals surface area contributed by atoms with E-state index in [-0.39, 0.29) is 11.9 Å². The predicted molar refractivity (Wildman–Crippen MR) is 95.5 cm³/mol. The van der Waals surface area contributed by atoms with E-state index in [0.717, 1.165) is 24.4 Å². The van der Waals surface area contributed by atoms with Crippen LogP contribution in [0.15, 0.2) is 30.5 Å². The molecule has 7 nitrogen and oxygen atoms in total. The number of rotatable bonds is 5. The van der Waals surface area contributed by atoms with Crippen molar-refractivity contribution in [2.24, 2.45) is 12.8 Å². The van der Waals surface area contributed by atoms with Gasteiger partial charge in [-0.05, 0) is 38.0 Å². The molecule has 1 atom stereocenters. The summed E-state index contributed by atoms with van der Waals surface area (Å²) in [7, 11) is 1.75. The van der Waals surface area contributed by atoms with Crippen LogP contribution >= 0.6 is 0 Å². The van der Waals surface area contributed by atoms with Gasteiger partial charge in [-0.2, -0.15) is 0 Å². The Kier molecular flexibility index (Phi) is 4.74. The van der Waals surface area contributed by atoms with Gasteiger partial charge in [-0.1, -0.05) is 6.07 Å². The molecule has 0 saturated carbocycles. The average molecular weight is 341 g/mol. The fourth-order valence-corrected chi connectivity index (χ4v) is 3.24. The Bertz CT molecular complexity index is 799. The summed E-state index contributed by atoms with van der Waals surface area (Å²) in [6.07, 6.45) is 3.50. The molecule has 1 aliphatic rings. The topological polar surface area (TPSA) is 93.3 Å². The molecule has 0 aliphatic carbocycles. The smallest absolute Gasteiger partial charge is 0.270 e. The van der Waals surface area contributed by atoms with Gasteiger partial charge in [0.2, 0.25) is 5.91 Å². The number of amides is 2. The zero-order valence-corrected chi connectivity index (χ0v) is 14.5. The van der Waals surface area contributed by atoms with Crippen LogP contribution in [0.1, 0.15) is 39.4 Å². The van der Waals surface area contributed by atoms with E-state index in [2.05, 4.69) is 10.3 Å². The molecular weight excluding hydrogens is 318 g/mol. The maximum absolute atomic E-state index is 12.9. The largest absolute Gasteiger partial charge is 0.368 e. The quantitative estimate of drug-likeness (QED) is 0.863. The third-order valence-corrected chi connectivity index (χ3v) is 4.55. The number of nitrogens with zero attached hydrogens (tertiary/aromatic N) is 3. The van der Waals surface area contributed by atoms with Crippen LogP contribution in [0.5, 0.6) is 0 Å². The van der Waals surface area contributed by atoms with Gasteiger partial charge >= 0.3 is 0 Å². The van der Waals surface area contributed by atoms with Gasteiger partial charge in [0.05, 0.1) is 5.56 Å². The molecule has 132 valence electrons. The van der Waals surface area contributed by atoms with E-state index in [4.69, 9.17) is 5.73 Å². The lowest BCUT2D eigenvalue weighted by atomic mass is 10.2. The van der Waals surface area contributed by atoms with Crippen LogP contribution in [0.4, 0.5) is 5.82 Å². The van der Waals surface area contributed by atoms with Gasteiger partial charge in [0.15, 0.2) is 0 Å². The summed E-state index contributed by atoms with van der Waals surface area (Å²) >= 11 is 0. The third-order valence-electron chi connectivity index (χ3n) is 4.55. The van der Waals surface area contributed by atoms with Gasteiger partial charge < -0.3 is 20.5 Å². The van der Waals surface area contributed by atoms with Gasteiger partial charge in [0.1, 0.15) is 11.5 Å². The highest BCUT2D eigenvalue weighted by atomic mass is 16.2. The zero-order chi connectivity index (χ0) is 18.0. The van der Waals surface area contributed by atoms with E-state index in [1.54, 1.807) is 23.9 Å². The number of hydrogen-bond donors (Lipinski definition) is 2. The van der Waals surface area contributed by atoms with Crippen molar-refractivity contribution in [1.82, 2.24) is 14.5 Å². The summed E-state index contributed by atoms with van der Waals surface area (Å²) in [5.41, 5.74) is 7.09. The number of hydrogen-bond acceptors (Lipinski definition) is 4. The molecule has 1 unspecified atom stereocenters. The van der Waals surface area contributed by atoms with Crippen molar-refractivity contribution in [2.75, 3.05) is 18.4 Å². The van der Waals surface area contributed by atoms with E-state index in [1.165, 1.54) is 0 Å². The van der Waals surface area contributed by atoms with Gasteiger partial charge in [-0.15, -0.1) is 0 Å². The summed E-state index contributed by atoms with van der Waals surface area (Å²) in [6.45, 7) is 3.31. The minimum Gasteiger partial charge on any atom is -0.368 e. The zero-order valence-electron chi connectivity index (χ0n) is 14.5. The first-order valence-electron chi connectivity index (χ1n) is 8.40. The number of anilines is 1. The maximum atomic E-state index is 12.9. The number of pyridine rings is 1. The van der Waals surface area contributed by atoms with Gasteiger partial charge in [-0.25, -0.2) is 4.98 Å². The van der Waals surface area contributed by atoms with Crippen molar-refractivity contribution >= 4 is 17.6 Å². The van der Waals surface area contributed by atoms with E-state index in [1.807, 2.05) is 30.0 Å². The Morgan fingerprint density at radius 2 is 2.20 bits per heavy atom. The molecular formula is C18H23N5O2. The van der Waals surface area contributed by atoms with Crippen molar-refractivity contribution in [3.8, 4) is 0 Å². The second-order valence-corrected chi connectivity index (χ2v) is 6.43. The number of nitrogens with two attached hydrogens (primary N) is 1. The molecule has 7 heteroatoms. The highest BCUT2D eigenvalue weighted by molar-refractivity contribution is 5.99. The summed E-state index contributed by atoms with van der Waals surface area (Å²) in [6, 6.07) is 7.49. The molecule has 2 aromatic heterocycles. The van der Waals surface area contributed by atoms with Crippen LogP contribution < -0.4 is 11.1 Å². The van der Waals surface area contributed by atoms with Crippen LogP contribution in [0.2, 0.25) is 0 Å². The summed E-state index contributed by atoms with van der Waals surface area (Å²) in [5.74, 6) is 0.213. The van der Waals surface area contributed by atoms with Crippen molar-refractivity contribution in [2.45, 2.75) is 25.8 Å². The SMILES string of the molecule is Cc1cccc(NCC2CCCN2C(=O)c2cc(C(N)=O)cn2C)n1. The van der Waals surface area contributed by atoms with Crippen molar-refractivity contribution in [3.05, 3.63) is 47.4 Å². The normalized spacial score (nSPS) is 16.9. The molecule has 0 aromatic carbocycles. The monoisotopic (exact) mass is 341 g/mol. The van der Waals surface area contributed by atoms with Crippen LogP contribution in [0, 0.1) is 6.92 Å². The second kappa shape index (κ2) is 6.96. The molecule has 3 N–H and O–H groups in total. The molecule has 0 spiro atoms. The Hall–Kier alpha value is -2.83. The van der Waals surface area contributed by atoms with Gasteiger partial charge in [-0.3, -0.25) is 9.59 Å². The minimum atomic E-state index is -0.528. The molecule has 3 rings (SSSR count). The number of carbonyl (C=O) groups is 2. The number of carbonyl (C=O) groups excluding carboxylic acids is 2. The number of likely N-dealkylation sites (tertiary alicyclic amines) is 1. The summed E-state index contributed by atoms with van der Waals surface area (Å²) in [4.78, 5) is 30.5. The highest BCUT2D eigenvalue weighted by Gasteiger charge is 2.31. The molecule has 2 amide bonds. The van der Waals surface area contributed by atoms with Crippen LogP contribution in [-0.4, -0.2) is 45.4 Å². The lowest BCUT2D eigenvalue weighted by Crippen LogP contribution is -2.40. The first-order chi connectivity index (χ1) is 12.0. The molecule has 2 aromatic rings. The summed E-state index contributed by atoms with van der Waals surface area (Å²) < 4.78 is 1.66. The number of aryl methyl sites for hydroxylation is 2. The predicted octanol–water partition coefficient (Wildman–Crippen LogP) is 1.54. The standard InChI is InChI=1S/C18H23N5O2/c1-12-5-3-7-16(21-12)20-10-14-6-4-8-23(14)18(25)15-9-13(17(19)24)11-22(15)2/h3,5,7,9,11,14H,4,6,8,10H2,1-2H3,(H2,19,24)(H,20,21). The Morgan fingerprint density at radius 3 is 2.88 bits per heavy atom. The average Bonchev–Trinajstić information content (AvgIpc) is 3.19. The summed E-state index contributed by atoms with van der Waals surface area (Å²) in [5, 5.41) is 3.32. The molecule has 3 heterocycles. The molecule has 1 aliphatic heterocycles. The molecule has 0 bridgehead atoms. The Morgan fingerprint density at radius 1 is 1.40 bits per heavy atom. The molecule has 25 heavy (non-hydrogen) atoms. The number of aromatic nitrogens is 2. The third kappa shape index (κ3) is 3.65. The second-order valence-electron chi connectivity index (χ2n) is 6.43. The number of primary amides is 1. The number of nitrogens with one attached hydrogen (secondary N) is 1. The first-order valence-corrected chi connectivity index (χ1v) is 8.40. The lowest BCUT2D eigenvalue weighted by Gasteiger charge is -2.25. The first kappa shape index (κ1) is 17.0. The molecule has 1 saturated heterocycles. The molecule has 1 fully saturated rings. The maximum Gasteiger partial charge on any atom is 0.270 e. The van der Waals surface area contributed by atoms with Crippen LogP contribution in [0.3, 0.4) is 0 Å². The van der Waals surface area contributed by atoms with E-state index >= 15 is 0 Å². The molecule has 0 radical (unpaired) electrons. The van der Waals surface area contributed by atoms with E-state index in [9.17, 15) is 9.59 Å².